The van der Waals surface area contributed by atoms with Crippen LogP contribution in [0.1, 0.15) is 37.4 Å². The number of hydrogen-bond acceptors (Lipinski definition) is 4. The van der Waals surface area contributed by atoms with Gasteiger partial charge in [-0.15, -0.1) is 0 Å². The van der Waals surface area contributed by atoms with Gasteiger partial charge in [0.2, 0.25) is 0 Å². The molecule has 0 spiro atoms. The molecule has 1 saturated heterocycles. The Kier molecular flexibility index (Phi) is 6.05. The number of aromatic nitrogens is 1. The highest BCUT2D eigenvalue weighted by molar-refractivity contribution is 5.33. The predicted octanol–water partition coefficient (Wildman–Crippen LogP) is 3.65. The monoisotopic (exact) mass is 340 g/mol. The zero-order chi connectivity index (χ0) is 17.5. The summed E-state index contributed by atoms with van der Waals surface area (Å²) < 4.78 is 6.02. The molecule has 3 rings (SSSR count). The van der Waals surface area contributed by atoms with Crippen molar-refractivity contribution in [1.29, 1.82) is 0 Å². The number of para-hydroxylation sites is 1. The number of aliphatic hydroxyl groups is 1. The SMILES string of the molecule is CCC1(CO)CCN(Cc2ccccc2OCc2ccccn2)CC1. The van der Waals surface area contributed by atoms with Crippen LogP contribution >= 0.6 is 0 Å². The number of benzene rings is 1. The van der Waals surface area contributed by atoms with Crippen molar-refractivity contribution < 1.29 is 9.84 Å². The van der Waals surface area contributed by atoms with Crippen LogP contribution in [0, 0.1) is 5.41 Å². The highest BCUT2D eigenvalue weighted by Gasteiger charge is 2.32. The molecule has 0 amide bonds. The molecular formula is C21H28N2O2. The molecule has 0 radical (unpaired) electrons. The predicted molar refractivity (Wildman–Crippen MR) is 99.3 cm³/mol. The fourth-order valence-corrected chi connectivity index (χ4v) is 3.46. The second-order valence-electron chi connectivity index (χ2n) is 7.01. The zero-order valence-corrected chi connectivity index (χ0v) is 15.0. The normalized spacial score (nSPS) is 17.4. The third-order valence-electron chi connectivity index (χ3n) is 5.47. The lowest BCUT2D eigenvalue weighted by Gasteiger charge is -2.40. The molecule has 1 aliphatic rings. The fraction of sp³-hybridized carbons (Fsp3) is 0.476. The third-order valence-corrected chi connectivity index (χ3v) is 5.47. The van der Waals surface area contributed by atoms with Gasteiger partial charge in [-0.2, -0.15) is 0 Å². The number of rotatable bonds is 7. The van der Waals surface area contributed by atoms with Gasteiger partial charge in [-0.25, -0.2) is 0 Å². The van der Waals surface area contributed by atoms with E-state index in [0.717, 1.165) is 50.3 Å². The second kappa shape index (κ2) is 8.45. The summed E-state index contributed by atoms with van der Waals surface area (Å²) in [5.41, 5.74) is 2.28. The van der Waals surface area contributed by atoms with Crippen LogP contribution in [0.4, 0.5) is 0 Å². The lowest BCUT2D eigenvalue weighted by atomic mass is 9.77. The Morgan fingerprint density at radius 3 is 2.56 bits per heavy atom. The average molecular weight is 340 g/mol. The number of piperidine rings is 1. The molecule has 1 aromatic carbocycles. The van der Waals surface area contributed by atoms with Gasteiger partial charge in [-0.1, -0.05) is 31.2 Å². The van der Waals surface area contributed by atoms with E-state index in [9.17, 15) is 5.11 Å². The van der Waals surface area contributed by atoms with Crippen molar-refractivity contribution in [3.8, 4) is 5.75 Å². The van der Waals surface area contributed by atoms with Gasteiger partial charge in [-0.3, -0.25) is 9.88 Å². The molecule has 2 heterocycles. The topological polar surface area (TPSA) is 45.6 Å². The molecule has 1 N–H and O–H groups in total. The number of ether oxygens (including phenoxy) is 1. The van der Waals surface area contributed by atoms with Crippen LogP contribution in [0.2, 0.25) is 0 Å². The zero-order valence-electron chi connectivity index (χ0n) is 15.0. The van der Waals surface area contributed by atoms with Crippen LogP contribution in [0.15, 0.2) is 48.7 Å². The van der Waals surface area contributed by atoms with Gasteiger partial charge >= 0.3 is 0 Å². The minimum atomic E-state index is 0.130. The van der Waals surface area contributed by atoms with Crippen LogP contribution in [0.25, 0.3) is 0 Å². The molecule has 0 aliphatic carbocycles. The maximum Gasteiger partial charge on any atom is 0.130 e. The molecule has 25 heavy (non-hydrogen) atoms. The van der Waals surface area contributed by atoms with Crippen LogP contribution in [0.3, 0.4) is 0 Å². The third kappa shape index (κ3) is 4.59. The highest BCUT2D eigenvalue weighted by atomic mass is 16.5. The minimum absolute atomic E-state index is 0.130. The van der Waals surface area contributed by atoms with Gasteiger partial charge < -0.3 is 9.84 Å². The number of pyridine rings is 1. The molecule has 0 atom stereocenters. The van der Waals surface area contributed by atoms with E-state index in [-0.39, 0.29) is 5.41 Å². The first-order valence-corrected chi connectivity index (χ1v) is 9.18. The molecule has 2 aromatic rings. The summed E-state index contributed by atoms with van der Waals surface area (Å²) in [6, 6.07) is 14.1. The molecule has 0 unspecified atom stereocenters. The lowest BCUT2D eigenvalue weighted by molar-refractivity contribution is 0.0379. The maximum absolute atomic E-state index is 9.70. The van der Waals surface area contributed by atoms with E-state index in [4.69, 9.17) is 4.74 Å². The van der Waals surface area contributed by atoms with Gasteiger partial charge in [-0.05, 0) is 56.0 Å². The quantitative estimate of drug-likeness (QED) is 0.836. The molecular weight excluding hydrogens is 312 g/mol. The Bertz CT molecular complexity index is 646. The van der Waals surface area contributed by atoms with Crippen molar-refractivity contribution in [1.82, 2.24) is 9.88 Å². The van der Waals surface area contributed by atoms with E-state index in [1.807, 2.05) is 30.3 Å². The van der Waals surface area contributed by atoms with Gasteiger partial charge in [0, 0.05) is 24.9 Å². The second-order valence-corrected chi connectivity index (χ2v) is 7.01. The summed E-state index contributed by atoms with van der Waals surface area (Å²) in [7, 11) is 0. The smallest absolute Gasteiger partial charge is 0.130 e. The Morgan fingerprint density at radius 1 is 1.12 bits per heavy atom. The Balaban J connectivity index is 1.60. The first-order chi connectivity index (χ1) is 12.2. The molecule has 0 bridgehead atoms. The van der Waals surface area contributed by atoms with Crippen LogP contribution < -0.4 is 4.74 Å². The van der Waals surface area contributed by atoms with E-state index in [1.54, 1.807) is 6.20 Å². The van der Waals surface area contributed by atoms with E-state index < -0.39 is 0 Å². The van der Waals surface area contributed by atoms with E-state index in [1.165, 1.54) is 5.56 Å². The van der Waals surface area contributed by atoms with Crippen LogP contribution in [-0.4, -0.2) is 34.7 Å². The van der Waals surface area contributed by atoms with Crippen LogP contribution in [0.5, 0.6) is 5.75 Å². The van der Waals surface area contributed by atoms with E-state index >= 15 is 0 Å². The van der Waals surface area contributed by atoms with Crippen molar-refractivity contribution >= 4 is 0 Å². The van der Waals surface area contributed by atoms with Crippen molar-refractivity contribution in [2.45, 2.75) is 39.3 Å². The summed E-state index contributed by atoms with van der Waals surface area (Å²) in [4.78, 5) is 6.78. The highest BCUT2D eigenvalue weighted by Crippen LogP contribution is 2.35. The Hall–Kier alpha value is -1.91. The van der Waals surface area contributed by atoms with Crippen molar-refractivity contribution in [3.05, 3.63) is 59.9 Å². The molecule has 1 fully saturated rings. The van der Waals surface area contributed by atoms with Crippen LogP contribution in [-0.2, 0) is 13.2 Å². The molecule has 4 nitrogen and oxygen atoms in total. The summed E-state index contributed by atoms with van der Waals surface area (Å²) in [6.07, 6.45) is 4.98. The van der Waals surface area contributed by atoms with Crippen molar-refractivity contribution in [2.75, 3.05) is 19.7 Å². The Morgan fingerprint density at radius 2 is 1.88 bits per heavy atom. The molecule has 1 aromatic heterocycles. The summed E-state index contributed by atoms with van der Waals surface area (Å²) in [5.74, 6) is 0.933. The van der Waals surface area contributed by atoms with Gasteiger partial charge in [0.25, 0.3) is 0 Å². The number of nitrogens with zero attached hydrogens (tertiary/aromatic N) is 2. The number of likely N-dealkylation sites (tertiary alicyclic amines) is 1. The minimum Gasteiger partial charge on any atom is -0.487 e. The molecule has 1 aliphatic heterocycles. The molecule has 0 saturated carbocycles. The van der Waals surface area contributed by atoms with E-state index in [0.29, 0.717) is 13.2 Å². The first-order valence-electron chi connectivity index (χ1n) is 9.18. The van der Waals surface area contributed by atoms with Crippen molar-refractivity contribution in [2.24, 2.45) is 5.41 Å². The van der Waals surface area contributed by atoms with E-state index in [2.05, 4.69) is 28.9 Å². The molecule has 134 valence electrons. The molecule has 4 heteroatoms. The summed E-state index contributed by atoms with van der Waals surface area (Å²) in [5, 5.41) is 9.70. The van der Waals surface area contributed by atoms with Gasteiger partial charge in [0.15, 0.2) is 0 Å². The Labute approximate surface area is 150 Å². The van der Waals surface area contributed by atoms with Gasteiger partial charge in [0.05, 0.1) is 5.69 Å². The summed E-state index contributed by atoms with van der Waals surface area (Å²) >= 11 is 0. The average Bonchev–Trinajstić information content (AvgIpc) is 2.69. The fourth-order valence-electron chi connectivity index (χ4n) is 3.46. The van der Waals surface area contributed by atoms with Crippen molar-refractivity contribution in [3.63, 3.8) is 0 Å². The summed E-state index contributed by atoms with van der Waals surface area (Å²) in [6.45, 7) is 5.94. The first kappa shape index (κ1) is 17.9. The number of hydrogen-bond donors (Lipinski definition) is 1. The number of aliphatic hydroxyl groups excluding tert-OH is 1. The largest absolute Gasteiger partial charge is 0.487 e. The van der Waals surface area contributed by atoms with Gasteiger partial charge in [0.1, 0.15) is 12.4 Å². The maximum atomic E-state index is 9.70. The lowest BCUT2D eigenvalue weighted by Crippen LogP contribution is -2.41. The standard InChI is InChI=1S/C21H28N2O2/c1-2-21(17-24)10-13-23(14-11-21)15-18-7-3-4-9-20(18)25-16-19-8-5-6-12-22-19/h3-9,12,24H,2,10-11,13-17H2,1H3.